The van der Waals surface area contributed by atoms with Crippen molar-refractivity contribution in [1.29, 1.82) is 0 Å². The van der Waals surface area contributed by atoms with Gasteiger partial charge in [0.05, 0.1) is 11.4 Å². The Morgan fingerprint density at radius 3 is 2.23 bits per heavy atom. The van der Waals surface area contributed by atoms with Crippen molar-refractivity contribution in [3.63, 3.8) is 0 Å². The number of sulfonamides is 1. The average molecular weight is 373 g/mol. The molecule has 1 amide bonds. The molecule has 2 aromatic rings. The van der Waals surface area contributed by atoms with E-state index in [0.717, 1.165) is 11.3 Å². The molecule has 0 spiro atoms. The lowest BCUT2D eigenvalue weighted by atomic mass is 10.2. The fraction of sp³-hybridized carbons (Fsp3) is 0.211. The summed E-state index contributed by atoms with van der Waals surface area (Å²) >= 11 is 0. The number of anilines is 2. The van der Waals surface area contributed by atoms with Crippen LogP contribution in [0.4, 0.5) is 11.4 Å². The Morgan fingerprint density at radius 1 is 1.08 bits per heavy atom. The molecule has 7 heteroatoms. The molecular weight excluding hydrogens is 350 g/mol. The average Bonchev–Trinajstić information content (AvgIpc) is 2.62. The molecule has 0 radical (unpaired) electrons. The minimum atomic E-state index is -3.54. The Morgan fingerprint density at radius 2 is 1.65 bits per heavy atom. The predicted molar refractivity (Wildman–Crippen MR) is 105 cm³/mol. The minimum absolute atomic E-state index is 0.0797. The molecule has 0 bridgehead atoms. The van der Waals surface area contributed by atoms with E-state index in [9.17, 15) is 13.2 Å². The van der Waals surface area contributed by atoms with Crippen LogP contribution in [-0.4, -0.2) is 38.8 Å². The molecule has 0 aliphatic carbocycles. The zero-order valence-corrected chi connectivity index (χ0v) is 15.7. The molecule has 2 N–H and O–H groups in total. The lowest BCUT2D eigenvalue weighted by Crippen LogP contribution is -2.27. The number of amides is 1. The topological polar surface area (TPSA) is 78.5 Å². The highest BCUT2D eigenvalue weighted by molar-refractivity contribution is 7.89. The Kier molecular flexibility index (Phi) is 6.54. The fourth-order valence-electron chi connectivity index (χ4n) is 2.23. The Labute approximate surface area is 154 Å². The van der Waals surface area contributed by atoms with E-state index >= 15 is 0 Å². The van der Waals surface area contributed by atoms with Gasteiger partial charge in [0.1, 0.15) is 0 Å². The maximum atomic E-state index is 12.3. The Balaban J connectivity index is 1.93. The normalized spacial score (nSPS) is 11.2. The van der Waals surface area contributed by atoms with Crippen molar-refractivity contribution in [2.45, 2.75) is 11.8 Å². The van der Waals surface area contributed by atoms with Gasteiger partial charge in [0, 0.05) is 25.0 Å². The van der Waals surface area contributed by atoms with Gasteiger partial charge in [-0.05, 0) is 43.3 Å². The number of rotatable bonds is 8. The zero-order chi connectivity index (χ0) is 19.2. The highest BCUT2D eigenvalue weighted by atomic mass is 32.2. The number of carbonyl (C=O) groups excluding carboxylic acids is 1. The first kappa shape index (κ1) is 19.7. The van der Waals surface area contributed by atoms with Crippen LogP contribution in [0, 0.1) is 6.92 Å². The maximum absolute atomic E-state index is 12.3. The largest absolute Gasteiger partial charge is 0.376 e. The van der Waals surface area contributed by atoms with Crippen LogP contribution >= 0.6 is 0 Å². The van der Waals surface area contributed by atoms with Gasteiger partial charge < -0.3 is 10.6 Å². The van der Waals surface area contributed by atoms with Gasteiger partial charge in [0.25, 0.3) is 0 Å². The summed E-state index contributed by atoms with van der Waals surface area (Å²) in [5, 5.41) is 5.76. The summed E-state index contributed by atoms with van der Waals surface area (Å²) in [5.41, 5.74) is 2.51. The summed E-state index contributed by atoms with van der Waals surface area (Å²) in [6.07, 6.45) is 1.53. The van der Waals surface area contributed by atoms with Crippen molar-refractivity contribution in [1.82, 2.24) is 4.31 Å². The SMILES string of the molecule is C=CCN(C)S(=O)(=O)c1ccc(NCC(=O)Nc2ccc(C)cc2)cc1. The summed E-state index contributed by atoms with van der Waals surface area (Å²) in [6, 6.07) is 13.8. The lowest BCUT2D eigenvalue weighted by molar-refractivity contribution is -0.114. The van der Waals surface area contributed by atoms with Gasteiger partial charge in [-0.25, -0.2) is 8.42 Å². The molecule has 0 unspecified atom stereocenters. The van der Waals surface area contributed by atoms with Gasteiger partial charge in [-0.1, -0.05) is 23.8 Å². The second-order valence-electron chi connectivity index (χ2n) is 5.87. The van der Waals surface area contributed by atoms with E-state index in [2.05, 4.69) is 17.2 Å². The van der Waals surface area contributed by atoms with E-state index in [1.807, 2.05) is 31.2 Å². The molecule has 0 heterocycles. The predicted octanol–water partition coefficient (Wildman–Crippen LogP) is 2.85. The summed E-state index contributed by atoms with van der Waals surface area (Å²) < 4.78 is 25.9. The van der Waals surface area contributed by atoms with Crippen molar-refractivity contribution in [2.24, 2.45) is 0 Å². The molecule has 0 aromatic heterocycles. The zero-order valence-electron chi connectivity index (χ0n) is 14.9. The van der Waals surface area contributed by atoms with Crippen LogP contribution in [0.5, 0.6) is 0 Å². The second-order valence-corrected chi connectivity index (χ2v) is 7.91. The van der Waals surface area contributed by atoms with Gasteiger partial charge in [-0.2, -0.15) is 4.31 Å². The first-order chi connectivity index (χ1) is 12.3. The van der Waals surface area contributed by atoms with Gasteiger partial charge in [-0.15, -0.1) is 6.58 Å². The van der Waals surface area contributed by atoms with E-state index < -0.39 is 10.0 Å². The number of nitrogens with one attached hydrogen (secondary N) is 2. The molecule has 0 aliphatic rings. The second kappa shape index (κ2) is 8.64. The third-order valence-corrected chi connectivity index (χ3v) is 5.57. The standard InChI is InChI=1S/C19H23N3O3S/c1-4-13-22(3)26(24,25)18-11-9-16(10-12-18)20-14-19(23)21-17-7-5-15(2)6-8-17/h4-12,20H,1,13-14H2,2-3H3,(H,21,23). The highest BCUT2D eigenvalue weighted by Crippen LogP contribution is 2.17. The van der Waals surface area contributed by atoms with E-state index in [4.69, 9.17) is 0 Å². The van der Waals surface area contributed by atoms with Crippen LogP contribution < -0.4 is 10.6 Å². The number of aryl methyl sites for hydroxylation is 1. The summed E-state index contributed by atoms with van der Waals surface area (Å²) in [4.78, 5) is 12.2. The third-order valence-electron chi connectivity index (χ3n) is 3.74. The van der Waals surface area contributed by atoms with E-state index in [1.54, 1.807) is 12.1 Å². The molecule has 2 rings (SSSR count). The van der Waals surface area contributed by atoms with Crippen LogP contribution in [0.1, 0.15) is 5.56 Å². The number of hydrogen-bond acceptors (Lipinski definition) is 4. The van der Waals surface area contributed by atoms with Crippen molar-refractivity contribution in [3.05, 3.63) is 66.7 Å². The monoisotopic (exact) mass is 373 g/mol. The quantitative estimate of drug-likeness (QED) is 0.698. The van der Waals surface area contributed by atoms with Crippen molar-refractivity contribution in [2.75, 3.05) is 30.8 Å². The first-order valence-electron chi connectivity index (χ1n) is 8.10. The molecule has 6 nitrogen and oxygen atoms in total. The van der Waals surface area contributed by atoms with Crippen LogP contribution in [-0.2, 0) is 14.8 Å². The lowest BCUT2D eigenvalue weighted by Gasteiger charge is -2.15. The number of carbonyl (C=O) groups is 1. The van der Waals surface area contributed by atoms with Crippen LogP contribution in [0.25, 0.3) is 0 Å². The van der Waals surface area contributed by atoms with Crippen LogP contribution in [0.2, 0.25) is 0 Å². The van der Waals surface area contributed by atoms with E-state index in [-0.39, 0.29) is 23.9 Å². The van der Waals surface area contributed by atoms with Crippen molar-refractivity contribution >= 4 is 27.3 Å². The molecule has 0 saturated carbocycles. The number of likely N-dealkylation sites (N-methyl/N-ethyl adjacent to an activating group) is 1. The molecule has 0 atom stereocenters. The molecule has 2 aromatic carbocycles. The summed E-state index contributed by atoms with van der Waals surface area (Å²) in [7, 11) is -2.04. The van der Waals surface area contributed by atoms with Gasteiger partial charge in [0.2, 0.25) is 15.9 Å². The molecule has 0 saturated heterocycles. The molecule has 0 fully saturated rings. The van der Waals surface area contributed by atoms with E-state index in [0.29, 0.717) is 5.69 Å². The Bertz CT molecular complexity index is 860. The number of benzene rings is 2. The highest BCUT2D eigenvalue weighted by Gasteiger charge is 2.19. The van der Waals surface area contributed by atoms with Gasteiger partial charge in [-0.3, -0.25) is 4.79 Å². The molecule has 26 heavy (non-hydrogen) atoms. The molecule has 138 valence electrons. The van der Waals surface area contributed by atoms with Gasteiger partial charge >= 0.3 is 0 Å². The van der Waals surface area contributed by atoms with Crippen molar-refractivity contribution in [3.8, 4) is 0 Å². The Hall–Kier alpha value is -2.64. The smallest absolute Gasteiger partial charge is 0.243 e. The first-order valence-corrected chi connectivity index (χ1v) is 9.54. The van der Waals surface area contributed by atoms with Crippen LogP contribution in [0.3, 0.4) is 0 Å². The summed E-state index contributed by atoms with van der Waals surface area (Å²) in [5.74, 6) is -0.184. The minimum Gasteiger partial charge on any atom is -0.376 e. The van der Waals surface area contributed by atoms with E-state index in [1.165, 1.54) is 29.6 Å². The molecular formula is C19H23N3O3S. The van der Waals surface area contributed by atoms with Gasteiger partial charge in [0.15, 0.2) is 0 Å². The molecule has 0 aliphatic heterocycles. The van der Waals surface area contributed by atoms with Crippen LogP contribution in [0.15, 0.2) is 66.1 Å². The third kappa shape index (κ3) is 5.18. The summed E-state index contributed by atoms with van der Waals surface area (Å²) in [6.45, 7) is 5.84. The number of nitrogens with zero attached hydrogens (tertiary/aromatic N) is 1. The fourth-order valence-corrected chi connectivity index (χ4v) is 3.37. The number of hydrogen-bond donors (Lipinski definition) is 2. The maximum Gasteiger partial charge on any atom is 0.243 e. The van der Waals surface area contributed by atoms with Crippen molar-refractivity contribution < 1.29 is 13.2 Å².